The lowest BCUT2D eigenvalue weighted by molar-refractivity contribution is -0.383. The maximum Gasteiger partial charge on any atom is 0.353 e. The maximum atomic E-state index is 13.9. The van der Waals surface area contributed by atoms with Crippen LogP contribution in [0.5, 0.6) is 0 Å². The first-order valence-corrected chi connectivity index (χ1v) is 8.45. The number of benzene rings is 1. The number of nitro groups is 1. The van der Waals surface area contributed by atoms with Crippen molar-refractivity contribution in [2.45, 2.75) is 6.54 Å². The highest BCUT2D eigenvalue weighted by molar-refractivity contribution is 6.31. The summed E-state index contributed by atoms with van der Waals surface area (Å²) < 4.78 is 13.9. The van der Waals surface area contributed by atoms with Crippen molar-refractivity contribution in [1.82, 2.24) is 14.9 Å². The topological polar surface area (TPSA) is 87.4 Å². The van der Waals surface area contributed by atoms with Crippen molar-refractivity contribution in [2.75, 3.05) is 43.4 Å². The van der Waals surface area contributed by atoms with Gasteiger partial charge in [0, 0.05) is 43.3 Å². The Hall–Kier alpha value is -2.52. The van der Waals surface area contributed by atoms with Gasteiger partial charge < -0.3 is 15.1 Å². The van der Waals surface area contributed by atoms with E-state index >= 15 is 0 Å². The average molecular weight is 381 g/mol. The van der Waals surface area contributed by atoms with Crippen molar-refractivity contribution in [3.8, 4) is 0 Å². The van der Waals surface area contributed by atoms with E-state index in [2.05, 4.69) is 20.2 Å². The summed E-state index contributed by atoms with van der Waals surface area (Å²) in [4.78, 5) is 23.2. The lowest BCUT2D eigenvalue weighted by Crippen LogP contribution is -2.45. The molecule has 3 rings (SSSR count). The van der Waals surface area contributed by atoms with Crippen molar-refractivity contribution in [3.63, 3.8) is 0 Å². The molecule has 1 aromatic heterocycles. The second kappa shape index (κ2) is 7.79. The Balaban J connectivity index is 1.87. The normalized spacial score (nSPS) is 15.1. The number of piperazine rings is 1. The molecule has 1 N–H and O–H groups in total. The molecule has 1 fully saturated rings. The van der Waals surface area contributed by atoms with Gasteiger partial charge in [-0.25, -0.2) is 14.4 Å². The lowest BCUT2D eigenvalue weighted by atomic mass is 10.2. The summed E-state index contributed by atoms with van der Waals surface area (Å²) in [5.41, 5.74) is 0.00717. The minimum Gasteiger partial charge on any atom is -0.360 e. The van der Waals surface area contributed by atoms with Gasteiger partial charge in [0.05, 0.1) is 4.92 Å². The summed E-state index contributed by atoms with van der Waals surface area (Å²) in [6, 6.07) is 4.35. The quantitative estimate of drug-likeness (QED) is 0.630. The minimum absolute atomic E-state index is 0.0223. The molecule has 0 radical (unpaired) electrons. The Labute approximate surface area is 154 Å². The van der Waals surface area contributed by atoms with E-state index in [9.17, 15) is 14.5 Å². The molecule has 26 heavy (non-hydrogen) atoms. The largest absolute Gasteiger partial charge is 0.360 e. The summed E-state index contributed by atoms with van der Waals surface area (Å²) in [6.07, 6.45) is 1.27. The molecule has 1 aliphatic heterocycles. The molecule has 0 aliphatic carbocycles. The van der Waals surface area contributed by atoms with E-state index < -0.39 is 10.7 Å². The molecule has 0 unspecified atom stereocenters. The van der Waals surface area contributed by atoms with Gasteiger partial charge in [0.25, 0.3) is 0 Å². The second-order valence-electron chi connectivity index (χ2n) is 6.00. The van der Waals surface area contributed by atoms with E-state index in [1.54, 1.807) is 6.07 Å². The molecule has 2 heterocycles. The molecular weight excluding hydrogens is 363 g/mol. The number of rotatable bonds is 5. The zero-order chi connectivity index (χ0) is 18.7. The van der Waals surface area contributed by atoms with Crippen LogP contribution in [0.3, 0.4) is 0 Å². The first-order valence-electron chi connectivity index (χ1n) is 8.07. The predicted octanol–water partition coefficient (Wildman–Crippen LogP) is 2.54. The van der Waals surface area contributed by atoms with Crippen LogP contribution < -0.4 is 10.2 Å². The Bertz CT molecular complexity index is 793. The van der Waals surface area contributed by atoms with Gasteiger partial charge >= 0.3 is 5.69 Å². The van der Waals surface area contributed by atoms with Crippen LogP contribution in [0.4, 0.5) is 21.7 Å². The van der Waals surface area contributed by atoms with Crippen molar-refractivity contribution in [1.29, 1.82) is 0 Å². The summed E-state index contributed by atoms with van der Waals surface area (Å²) in [5, 5.41) is 14.7. The molecule has 0 atom stereocenters. The van der Waals surface area contributed by atoms with Crippen molar-refractivity contribution in [3.05, 3.63) is 51.0 Å². The van der Waals surface area contributed by atoms with Crippen LogP contribution in [-0.2, 0) is 6.54 Å². The van der Waals surface area contributed by atoms with Crippen molar-refractivity contribution >= 4 is 28.9 Å². The number of likely N-dealkylation sites (N-methyl/N-ethyl adjacent to an activating group) is 1. The molecule has 10 heteroatoms. The van der Waals surface area contributed by atoms with Crippen LogP contribution in [0, 0.1) is 15.9 Å². The molecule has 0 saturated carbocycles. The van der Waals surface area contributed by atoms with Gasteiger partial charge in [0.15, 0.2) is 0 Å². The third kappa shape index (κ3) is 3.83. The average Bonchev–Trinajstić information content (AvgIpc) is 2.61. The predicted molar refractivity (Wildman–Crippen MR) is 97.1 cm³/mol. The van der Waals surface area contributed by atoms with E-state index in [1.165, 1.54) is 18.5 Å². The third-order valence-corrected chi connectivity index (χ3v) is 4.64. The molecule has 1 aliphatic rings. The highest BCUT2D eigenvalue weighted by Gasteiger charge is 2.28. The number of nitrogens with one attached hydrogen (secondary N) is 1. The van der Waals surface area contributed by atoms with Gasteiger partial charge in [-0.1, -0.05) is 17.7 Å². The fourth-order valence-electron chi connectivity index (χ4n) is 2.79. The maximum absolute atomic E-state index is 13.9. The highest BCUT2D eigenvalue weighted by atomic mass is 35.5. The SMILES string of the molecule is CN1CCN(c2ncnc(NCc3c(F)cccc3Cl)c2[N+](=O)[O-])CC1. The molecule has 1 saturated heterocycles. The fourth-order valence-corrected chi connectivity index (χ4v) is 3.02. The van der Waals surface area contributed by atoms with Gasteiger partial charge in [0.1, 0.15) is 12.1 Å². The van der Waals surface area contributed by atoms with Gasteiger partial charge in [-0.05, 0) is 19.2 Å². The molecule has 0 amide bonds. The van der Waals surface area contributed by atoms with Crippen LogP contribution in [0.1, 0.15) is 5.56 Å². The van der Waals surface area contributed by atoms with E-state index in [1.807, 2.05) is 11.9 Å². The Kier molecular flexibility index (Phi) is 5.48. The van der Waals surface area contributed by atoms with Crippen LogP contribution >= 0.6 is 11.6 Å². The lowest BCUT2D eigenvalue weighted by Gasteiger charge is -2.32. The minimum atomic E-state index is -0.515. The zero-order valence-corrected chi connectivity index (χ0v) is 14.9. The first-order chi connectivity index (χ1) is 12.5. The second-order valence-corrected chi connectivity index (χ2v) is 6.40. The monoisotopic (exact) mass is 380 g/mol. The van der Waals surface area contributed by atoms with Gasteiger partial charge in [0.2, 0.25) is 11.6 Å². The van der Waals surface area contributed by atoms with E-state index in [4.69, 9.17) is 11.6 Å². The molecule has 8 nitrogen and oxygen atoms in total. The Morgan fingerprint density at radius 2 is 2.04 bits per heavy atom. The molecular formula is C16H18ClFN6O2. The van der Waals surface area contributed by atoms with Crippen molar-refractivity contribution < 1.29 is 9.31 Å². The first kappa shape index (κ1) is 18.3. The molecule has 2 aromatic rings. The highest BCUT2D eigenvalue weighted by Crippen LogP contribution is 2.33. The summed E-state index contributed by atoms with van der Waals surface area (Å²) in [5.74, 6) is -0.181. The van der Waals surface area contributed by atoms with Crippen LogP contribution in [0.2, 0.25) is 5.02 Å². The number of nitrogens with zero attached hydrogens (tertiary/aromatic N) is 5. The van der Waals surface area contributed by atoms with Crippen LogP contribution in [0.15, 0.2) is 24.5 Å². The van der Waals surface area contributed by atoms with Gasteiger partial charge in [-0.15, -0.1) is 0 Å². The third-order valence-electron chi connectivity index (χ3n) is 4.28. The van der Waals surface area contributed by atoms with Gasteiger partial charge in [-0.3, -0.25) is 10.1 Å². The summed E-state index contributed by atoms with van der Waals surface area (Å²) >= 11 is 6.01. The molecule has 138 valence electrons. The van der Waals surface area contributed by atoms with E-state index in [0.717, 1.165) is 13.1 Å². The standard InChI is InChI=1S/C16H18ClFN6O2/c1-22-5-7-23(8-6-22)16-14(24(25)26)15(20-10-21-16)19-9-11-12(17)3-2-4-13(11)18/h2-4,10H,5-9H2,1H3,(H,19,20,21). The zero-order valence-electron chi connectivity index (χ0n) is 14.2. The van der Waals surface area contributed by atoms with Gasteiger partial charge in [-0.2, -0.15) is 0 Å². The van der Waals surface area contributed by atoms with E-state index in [0.29, 0.717) is 13.1 Å². The van der Waals surface area contributed by atoms with Crippen LogP contribution in [0.25, 0.3) is 0 Å². The van der Waals surface area contributed by atoms with E-state index in [-0.39, 0.29) is 34.5 Å². The molecule has 0 spiro atoms. The summed E-state index contributed by atoms with van der Waals surface area (Å²) in [6.45, 7) is 2.81. The molecule has 0 bridgehead atoms. The van der Waals surface area contributed by atoms with Crippen molar-refractivity contribution in [2.24, 2.45) is 0 Å². The van der Waals surface area contributed by atoms with Crippen LogP contribution in [-0.4, -0.2) is 53.0 Å². The molecule has 1 aromatic carbocycles. The Morgan fingerprint density at radius 3 is 2.69 bits per heavy atom. The number of anilines is 2. The number of hydrogen-bond acceptors (Lipinski definition) is 7. The number of aromatic nitrogens is 2. The fraction of sp³-hybridized carbons (Fsp3) is 0.375. The number of halogens is 2. The smallest absolute Gasteiger partial charge is 0.353 e. The Morgan fingerprint density at radius 1 is 1.31 bits per heavy atom. The number of hydrogen-bond donors (Lipinski definition) is 1. The summed E-state index contributed by atoms with van der Waals surface area (Å²) in [7, 11) is 2.00.